The summed E-state index contributed by atoms with van der Waals surface area (Å²) in [4.78, 5) is 17.0. The molecule has 166 valence electrons. The zero-order valence-corrected chi connectivity index (χ0v) is 18.1. The van der Waals surface area contributed by atoms with Gasteiger partial charge in [0, 0.05) is 23.1 Å². The van der Waals surface area contributed by atoms with Crippen molar-refractivity contribution in [1.29, 1.82) is 0 Å². The molecule has 0 bridgehead atoms. The molecule has 0 aliphatic heterocycles. The minimum absolute atomic E-state index is 0.286. The lowest BCUT2D eigenvalue weighted by molar-refractivity contribution is 0.109. The molecule has 8 nitrogen and oxygen atoms in total. The molecule has 1 aliphatic carbocycles. The van der Waals surface area contributed by atoms with E-state index in [2.05, 4.69) is 30.5 Å². The van der Waals surface area contributed by atoms with E-state index in [0.717, 1.165) is 57.4 Å². The lowest BCUT2D eigenvalue weighted by Gasteiger charge is -2.27. The van der Waals surface area contributed by atoms with Gasteiger partial charge in [0.1, 0.15) is 11.9 Å². The number of anilines is 1. The molecule has 1 fully saturated rings. The molecule has 0 saturated heterocycles. The summed E-state index contributed by atoms with van der Waals surface area (Å²) in [5, 5.41) is 22.3. The average Bonchev–Trinajstić information content (AvgIpc) is 3.48. The number of pyridine rings is 2. The first-order chi connectivity index (χ1) is 16.2. The summed E-state index contributed by atoms with van der Waals surface area (Å²) >= 11 is 0. The Balaban J connectivity index is 1.31. The number of aromatic amines is 2. The fourth-order valence-corrected chi connectivity index (χ4v) is 4.72. The number of nitrogens with one attached hydrogen (secondary N) is 3. The monoisotopic (exact) mass is 439 g/mol. The smallest absolute Gasteiger partial charge is 0.159 e. The van der Waals surface area contributed by atoms with E-state index in [9.17, 15) is 5.11 Å². The molecule has 1 saturated carbocycles. The van der Waals surface area contributed by atoms with Gasteiger partial charge in [0.2, 0.25) is 0 Å². The highest BCUT2D eigenvalue weighted by Gasteiger charge is 2.22. The molecule has 1 atom stereocenters. The number of rotatable bonds is 5. The van der Waals surface area contributed by atoms with Gasteiger partial charge < -0.3 is 15.4 Å². The van der Waals surface area contributed by atoms with E-state index < -0.39 is 6.23 Å². The molecular weight excluding hydrogens is 414 g/mol. The van der Waals surface area contributed by atoms with Crippen molar-refractivity contribution < 1.29 is 5.11 Å². The number of imidazole rings is 1. The molecule has 4 heterocycles. The van der Waals surface area contributed by atoms with E-state index in [-0.39, 0.29) is 5.92 Å². The number of nitrogens with zero attached hydrogens (tertiary/aromatic N) is 4. The van der Waals surface area contributed by atoms with Crippen LogP contribution in [0.1, 0.15) is 32.1 Å². The summed E-state index contributed by atoms with van der Waals surface area (Å²) in [5.74, 6) is 0.998. The third-order valence-corrected chi connectivity index (χ3v) is 6.51. The van der Waals surface area contributed by atoms with Gasteiger partial charge >= 0.3 is 0 Å². The largest absolute Gasteiger partial charge is 0.374 e. The van der Waals surface area contributed by atoms with Gasteiger partial charge in [-0.3, -0.25) is 15.1 Å². The Kier molecular flexibility index (Phi) is 4.99. The Morgan fingerprint density at radius 2 is 1.88 bits per heavy atom. The lowest BCUT2D eigenvalue weighted by atomic mass is 9.88. The SMILES string of the molecule is OC(Nc1cncc(-c2cc3c(-c4nc5ccccc5[nH]4)n[nH]c3cn2)c1)C1CCCCC1. The molecule has 1 unspecified atom stereocenters. The summed E-state index contributed by atoms with van der Waals surface area (Å²) in [7, 11) is 0. The third-order valence-electron chi connectivity index (χ3n) is 6.51. The summed E-state index contributed by atoms with van der Waals surface area (Å²) in [6, 6.07) is 11.9. The Morgan fingerprint density at radius 1 is 1.00 bits per heavy atom. The van der Waals surface area contributed by atoms with Crippen LogP contribution in [0.2, 0.25) is 0 Å². The van der Waals surface area contributed by atoms with Crippen molar-refractivity contribution in [3.8, 4) is 22.8 Å². The second kappa shape index (κ2) is 8.29. The summed E-state index contributed by atoms with van der Waals surface area (Å²) in [5.41, 5.74) is 5.90. The Bertz CT molecular complexity index is 1380. The third kappa shape index (κ3) is 3.82. The van der Waals surface area contributed by atoms with Crippen molar-refractivity contribution in [2.24, 2.45) is 5.92 Å². The Labute approximate surface area is 190 Å². The fourth-order valence-electron chi connectivity index (χ4n) is 4.72. The van der Waals surface area contributed by atoms with E-state index in [0.29, 0.717) is 5.82 Å². The second-order valence-corrected chi connectivity index (χ2v) is 8.74. The summed E-state index contributed by atoms with van der Waals surface area (Å²) in [6.07, 6.45) is 10.5. The van der Waals surface area contributed by atoms with E-state index in [1.54, 1.807) is 18.6 Å². The molecule has 33 heavy (non-hydrogen) atoms. The van der Waals surface area contributed by atoms with Crippen LogP contribution in [0.3, 0.4) is 0 Å². The molecule has 1 aliphatic rings. The van der Waals surface area contributed by atoms with Crippen LogP contribution in [0.5, 0.6) is 0 Å². The van der Waals surface area contributed by atoms with Crippen LogP contribution in [0.15, 0.2) is 55.0 Å². The van der Waals surface area contributed by atoms with E-state index in [1.165, 1.54) is 19.3 Å². The van der Waals surface area contributed by atoms with Gasteiger partial charge in [-0.05, 0) is 37.1 Å². The second-order valence-electron chi connectivity index (χ2n) is 8.74. The molecule has 8 heteroatoms. The van der Waals surface area contributed by atoms with Crippen molar-refractivity contribution in [3.63, 3.8) is 0 Å². The van der Waals surface area contributed by atoms with Gasteiger partial charge in [-0.15, -0.1) is 0 Å². The van der Waals surface area contributed by atoms with Crippen LogP contribution < -0.4 is 5.32 Å². The van der Waals surface area contributed by atoms with E-state index >= 15 is 0 Å². The van der Waals surface area contributed by atoms with Crippen molar-refractivity contribution in [3.05, 3.63) is 55.0 Å². The average molecular weight is 440 g/mol. The molecule has 1 aromatic carbocycles. The number of aliphatic hydroxyl groups is 1. The van der Waals surface area contributed by atoms with Crippen LogP contribution in [0, 0.1) is 5.92 Å². The first-order valence-electron chi connectivity index (χ1n) is 11.4. The predicted molar refractivity (Wildman–Crippen MR) is 128 cm³/mol. The van der Waals surface area contributed by atoms with Crippen molar-refractivity contribution in [1.82, 2.24) is 30.1 Å². The Hall–Kier alpha value is -3.78. The summed E-state index contributed by atoms with van der Waals surface area (Å²) in [6.45, 7) is 0. The van der Waals surface area contributed by atoms with Crippen LogP contribution >= 0.6 is 0 Å². The molecule has 4 N–H and O–H groups in total. The van der Waals surface area contributed by atoms with Crippen molar-refractivity contribution >= 4 is 27.6 Å². The van der Waals surface area contributed by atoms with Gasteiger partial charge in [0.15, 0.2) is 5.82 Å². The lowest BCUT2D eigenvalue weighted by Crippen LogP contribution is -2.30. The number of aliphatic hydroxyl groups excluding tert-OH is 1. The van der Waals surface area contributed by atoms with Crippen molar-refractivity contribution in [2.75, 3.05) is 5.32 Å². The zero-order chi connectivity index (χ0) is 22.2. The Morgan fingerprint density at radius 3 is 2.76 bits per heavy atom. The number of fused-ring (bicyclic) bond motifs is 2. The maximum atomic E-state index is 10.6. The summed E-state index contributed by atoms with van der Waals surface area (Å²) < 4.78 is 0. The number of aromatic nitrogens is 6. The molecule has 4 aromatic heterocycles. The number of hydrogen-bond acceptors (Lipinski definition) is 6. The quantitative estimate of drug-likeness (QED) is 0.290. The minimum atomic E-state index is -0.564. The molecule has 0 spiro atoms. The van der Waals surface area contributed by atoms with Gasteiger partial charge in [-0.25, -0.2) is 4.98 Å². The number of benzene rings is 1. The highest BCUT2D eigenvalue weighted by atomic mass is 16.3. The van der Waals surface area contributed by atoms with Gasteiger partial charge in [-0.1, -0.05) is 31.4 Å². The van der Waals surface area contributed by atoms with Crippen LogP contribution in [-0.4, -0.2) is 41.5 Å². The van der Waals surface area contributed by atoms with Gasteiger partial charge in [-0.2, -0.15) is 5.10 Å². The first kappa shape index (κ1) is 19.9. The minimum Gasteiger partial charge on any atom is -0.374 e. The zero-order valence-electron chi connectivity index (χ0n) is 18.1. The normalized spacial score (nSPS) is 15.8. The van der Waals surface area contributed by atoms with Gasteiger partial charge in [0.05, 0.1) is 40.3 Å². The molecule has 5 aromatic rings. The van der Waals surface area contributed by atoms with Crippen LogP contribution in [0.4, 0.5) is 5.69 Å². The van der Waals surface area contributed by atoms with Crippen LogP contribution in [0.25, 0.3) is 44.7 Å². The fraction of sp³-hybridized carbons (Fsp3) is 0.280. The highest BCUT2D eigenvalue weighted by molar-refractivity contribution is 5.94. The maximum Gasteiger partial charge on any atom is 0.159 e. The highest BCUT2D eigenvalue weighted by Crippen LogP contribution is 2.31. The topological polar surface area (TPSA) is 115 Å². The molecule has 0 radical (unpaired) electrons. The van der Waals surface area contributed by atoms with Crippen LogP contribution in [-0.2, 0) is 0 Å². The number of H-pyrrole nitrogens is 2. The maximum absolute atomic E-state index is 10.6. The standard InChI is InChI=1S/C25H25N7O/c33-25(15-6-2-1-3-7-15)28-17-10-16(12-26-13-17)21-11-18-22(14-27-21)31-32-23(18)24-29-19-8-4-5-9-20(19)30-24/h4-5,8-15,25,28,33H,1-3,6-7H2,(H,29,30)(H,31,32). The first-order valence-corrected chi connectivity index (χ1v) is 11.4. The number of para-hydroxylation sites is 2. The van der Waals surface area contributed by atoms with E-state index in [4.69, 9.17) is 4.98 Å². The van der Waals surface area contributed by atoms with Gasteiger partial charge in [0.25, 0.3) is 0 Å². The predicted octanol–water partition coefficient (Wildman–Crippen LogP) is 4.87. The van der Waals surface area contributed by atoms with Crippen molar-refractivity contribution in [2.45, 2.75) is 38.3 Å². The number of hydrogen-bond donors (Lipinski definition) is 4. The molecule has 0 amide bonds. The van der Waals surface area contributed by atoms with E-state index in [1.807, 2.05) is 36.4 Å². The molecule has 6 rings (SSSR count). The molecular formula is C25H25N7O.